The third kappa shape index (κ3) is 2.75. The Labute approximate surface area is 160 Å². The fraction of sp³-hybridized carbons (Fsp3) is 0.211. The van der Waals surface area contributed by atoms with Crippen LogP contribution in [-0.2, 0) is 14.1 Å². The molecule has 0 unspecified atom stereocenters. The fourth-order valence-corrected chi connectivity index (χ4v) is 3.38. The maximum atomic E-state index is 13.9. The minimum Gasteiger partial charge on any atom is -0.272 e. The molecule has 4 rings (SSSR count). The van der Waals surface area contributed by atoms with E-state index in [1.807, 2.05) is 27.9 Å². The van der Waals surface area contributed by atoms with Gasteiger partial charge in [0.15, 0.2) is 0 Å². The molecular formula is C19H18ClFN6. The number of aromatic nitrogens is 6. The van der Waals surface area contributed by atoms with Gasteiger partial charge in [-0.25, -0.2) is 9.07 Å². The molecule has 0 aliphatic rings. The topological polar surface area (TPSA) is 53.5 Å². The zero-order valence-electron chi connectivity index (χ0n) is 15.4. The predicted molar refractivity (Wildman–Crippen MR) is 102 cm³/mol. The van der Waals surface area contributed by atoms with Crippen LogP contribution < -0.4 is 0 Å². The molecule has 0 N–H and O–H groups in total. The van der Waals surface area contributed by atoms with Gasteiger partial charge in [0.1, 0.15) is 11.5 Å². The van der Waals surface area contributed by atoms with Crippen molar-refractivity contribution < 1.29 is 4.39 Å². The number of hydrogen-bond donors (Lipinski definition) is 0. The summed E-state index contributed by atoms with van der Waals surface area (Å²) in [6, 6.07) is 6.27. The van der Waals surface area contributed by atoms with E-state index in [-0.39, 0.29) is 5.82 Å². The molecule has 3 heterocycles. The number of hydrogen-bond acceptors (Lipinski definition) is 3. The molecule has 0 amide bonds. The molecule has 1 aromatic carbocycles. The molecule has 0 fully saturated rings. The molecule has 0 saturated carbocycles. The number of aryl methyl sites for hydroxylation is 2. The Morgan fingerprint density at radius 1 is 0.963 bits per heavy atom. The molecule has 4 aromatic rings. The molecule has 0 spiro atoms. The first kappa shape index (κ1) is 17.5. The summed E-state index contributed by atoms with van der Waals surface area (Å²) in [5, 5.41) is 13.8. The van der Waals surface area contributed by atoms with Crippen molar-refractivity contribution in [1.82, 2.24) is 29.3 Å². The highest BCUT2D eigenvalue weighted by atomic mass is 35.5. The normalized spacial score (nSPS) is 11.3. The van der Waals surface area contributed by atoms with Crippen molar-refractivity contribution in [2.24, 2.45) is 14.1 Å². The first-order valence-corrected chi connectivity index (χ1v) is 8.78. The van der Waals surface area contributed by atoms with E-state index in [4.69, 9.17) is 16.7 Å². The molecule has 3 aromatic heterocycles. The molecular weight excluding hydrogens is 367 g/mol. The van der Waals surface area contributed by atoms with Crippen molar-refractivity contribution in [3.05, 3.63) is 58.9 Å². The molecule has 138 valence electrons. The fourth-order valence-electron chi connectivity index (χ4n) is 3.06. The van der Waals surface area contributed by atoms with E-state index in [0.717, 1.165) is 22.5 Å². The lowest BCUT2D eigenvalue weighted by atomic mass is 10.1. The van der Waals surface area contributed by atoms with Gasteiger partial charge in [-0.1, -0.05) is 17.7 Å². The monoisotopic (exact) mass is 384 g/mol. The van der Waals surface area contributed by atoms with E-state index < -0.39 is 0 Å². The van der Waals surface area contributed by atoms with Gasteiger partial charge in [-0.3, -0.25) is 9.36 Å². The Balaban J connectivity index is 2.04. The number of halogens is 2. The molecule has 0 aliphatic carbocycles. The van der Waals surface area contributed by atoms with Crippen LogP contribution in [0.3, 0.4) is 0 Å². The first-order valence-electron chi connectivity index (χ1n) is 8.41. The van der Waals surface area contributed by atoms with Crippen LogP contribution >= 0.6 is 11.6 Å². The van der Waals surface area contributed by atoms with Crippen LogP contribution in [0.25, 0.3) is 28.2 Å². The Kier molecular flexibility index (Phi) is 4.11. The summed E-state index contributed by atoms with van der Waals surface area (Å²) in [7, 11) is 3.73. The average Bonchev–Trinajstić information content (AvgIpc) is 3.26. The summed E-state index contributed by atoms with van der Waals surface area (Å²) in [4.78, 5) is 0. The van der Waals surface area contributed by atoms with E-state index in [1.54, 1.807) is 38.6 Å². The maximum Gasteiger partial charge on any atom is 0.125 e. The Morgan fingerprint density at radius 3 is 2.15 bits per heavy atom. The maximum absolute atomic E-state index is 13.9. The van der Waals surface area contributed by atoms with Gasteiger partial charge in [0.25, 0.3) is 0 Å². The third-order valence-corrected chi connectivity index (χ3v) is 5.22. The number of benzene rings is 1. The SMILES string of the molecule is Cc1c(-c2nn(-c3cccc(F)c3)c(-c3cnn(C)c3C)c2Cl)cnn1C. The highest BCUT2D eigenvalue weighted by Gasteiger charge is 2.25. The Bertz CT molecular complexity index is 1150. The molecule has 27 heavy (non-hydrogen) atoms. The molecule has 0 aliphatic heterocycles. The summed E-state index contributed by atoms with van der Waals surface area (Å²) in [6.45, 7) is 3.91. The highest BCUT2D eigenvalue weighted by Crippen LogP contribution is 2.39. The largest absolute Gasteiger partial charge is 0.272 e. The van der Waals surface area contributed by atoms with E-state index in [0.29, 0.717) is 22.1 Å². The van der Waals surface area contributed by atoms with E-state index in [9.17, 15) is 4.39 Å². The van der Waals surface area contributed by atoms with Crippen LogP contribution in [0.15, 0.2) is 36.7 Å². The van der Waals surface area contributed by atoms with Crippen molar-refractivity contribution in [1.29, 1.82) is 0 Å². The lowest BCUT2D eigenvalue weighted by Crippen LogP contribution is -2.01. The zero-order valence-corrected chi connectivity index (χ0v) is 16.2. The van der Waals surface area contributed by atoms with Gasteiger partial charge in [-0.05, 0) is 32.0 Å². The van der Waals surface area contributed by atoms with Crippen LogP contribution in [-0.4, -0.2) is 29.3 Å². The van der Waals surface area contributed by atoms with Gasteiger partial charge in [0.2, 0.25) is 0 Å². The molecule has 0 atom stereocenters. The van der Waals surface area contributed by atoms with Crippen molar-refractivity contribution in [3.63, 3.8) is 0 Å². The van der Waals surface area contributed by atoms with Crippen LogP contribution in [0.2, 0.25) is 5.02 Å². The second-order valence-corrected chi connectivity index (χ2v) is 6.82. The molecule has 8 heteroatoms. The van der Waals surface area contributed by atoms with Gasteiger partial charge in [0.05, 0.1) is 28.8 Å². The lowest BCUT2D eigenvalue weighted by Gasteiger charge is -2.08. The van der Waals surface area contributed by atoms with E-state index in [1.165, 1.54) is 12.1 Å². The number of nitrogens with zero attached hydrogens (tertiary/aromatic N) is 6. The zero-order chi connectivity index (χ0) is 19.3. The van der Waals surface area contributed by atoms with Crippen LogP contribution in [0.5, 0.6) is 0 Å². The van der Waals surface area contributed by atoms with Crippen molar-refractivity contribution in [2.75, 3.05) is 0 Å². The van der Waals surface area contributed by atoms with Crippen molar-refractivity contribution >= 4 is 11.6 Å². The second kappa shape index (κ2) is 6.35. The van der Waals surface area contributed by atoms with Gasteiger partial charge in [-0.2, -0.15) is 15.3 Å². The van der Waals surface area contributed by atoms with Gasteiger partial charge >= 0.3 is 0 Å². The summed E-state index contributed by atoms with van der Waals surface area (Å²) in [5.41, 5.74) is 5.41. The summed E-state index contributed by atoms with van der Waals surface area (Å²) >= 11 is 6.80. The van der Waals surface area contributed by atoms with Gasteiger partial charge < -0.3 is 0 Å². The predicted octanol–water partition coefficient (Wildman–Crippen LogP) is 4.08. The van der Waals surface area contributed by atoms with Gasteiger partial charge in [-0.15, -0.1) is 0 Å². The highest BCUT2D eigenvalue weighted by molar-refractivity contribution is 6.35. The smallest absolute Gasteiger partial charge is 0.125 e. The summed E-state index contributed by atoms with van der Waals surface area (Å²) in [5.74, 6) is -0.341. The van der Waals surface area contributed by atoms with E-state index >= 15 is 0 Å². The number of rotatable bonds is 3. The minimum atomic E-state index is -0.341. The van der Waals surface area contributed by atoms with Crippen molar-refractivity contribution in [3.8, 4) is 28.2 Å². The average molecular weight is 385 g/mol. The quantitative estimate of drug-likeness (QED) is 0.534. The Hall–Kier alpha value is -2.93. The van der Waals surface area contributed by atoms with Crippen molar-refractivity contribution in [2.45, 2.75) is 13.8 Å². The minimum absolute atomic E-state index is 0.341. The third-order valence-electron chi connectivity index (χ3n) is 4.86. The van der Waals surface area contributed by atoms with E-state index in [2.05, 4.69) is 10.2 Å². The van der Waals surface area contributed by atoms with Crippen LogP contribution in [0, 0.1) is 19.7 Å². The van der Waals surface area contributed by atoms with Crippen LogP contribution in [0.4, 0.5) is 4.39 Å². The lowest BCUT2D eigenvalue weighted by molar-refractivity contribution is 0.625. The molecule has 6 nitrogen and oxygen atoms in total. The molecule has 0 saturated heterocycles. The van der Waals surface area contributed by atoms with Crippen LogP contribution in [0.1, 0.15) is 11.4 Å². The summed E-state index contributed by atoms with van der Waals surface area (Å²) < 4.78 is 19.1. The van der Waals surface area contributed by atoms with Gasteiger partial charge in [0, 0.05) is 36.6 Å². The standard InChI is InChI=1S/C19H18ClFN6/c1-11-15(9-22-25(11)3)18-17(20)19(16-10-23-26(4)12(16)2)27(24-18)14-7-5-6-13(21)8-14/h5-10H,1-4H3. The molecule has 0 radical (unpaired) electrons. The first-order chi connectivity index (χ1) is 12.9. The second-order valence-electron chi connectivity index (χ2n) is 6.44. The summed E-state index contributed by atoms with van der Waals surface area (Å²) in [6.07, 6.45) is 3.48. The molecule has 0 bridgehead atoms. The Morgan fingerprint density at radius 2 is 1.59 bits per heavy atom.